The number of rotatable bonds is 7. The molecule has 0 heterocycles. The maximum absolute atomic E-state index is 15.0. The molecule has 2 aliphatic rings. The fourth-order valence-electron chi connectivity index (χ4n) is 5.62. The van der Waals surface area contributed by atoms with Crippen molar-refractivity contribution in [1.82, 2.24) is 0 Å². The molecule has 0 saturated heterocycles. The van der Waals surface area contributed by atoms with Gasteiger partial charge < -0.3 is 0 Å². The van der Waals surface area contributed by atoms with Crippen molar-refractivity contribution in [2.75, 3.05) is 0 Å². The van der Waals surface area contributed by atoms with Crippen LogP contribution in [0.5, 0.6) is 0 Å². The molecule has 0 radical (unpaired) electrons. The average molecular weight is 343 g/mol. The Morgan fingerprint density at radius 1 is 0.917 bits per heavy atom. The molecule has 2 rings (SSSR count). The highest BCUT2D eigenvalue weighted by atomic mass is 19.1. The minimum atomic E-state index is -0.930. The van der Waals surface area contributed by atoms with E-state index in [1.165, 1.54) is 12.8 Å². The van der Waals surface area contributed by atoms with Gasteiger partial charge in [-0.25, -0.2) is 8.78 Å². The van der Waals surface area contributed by atoms with Gasteiger partial charge in [0, 0.05) is 0 Å². The lowest BCUT2D eigenvalue weighted by molar-refractivity contribution is 0.0404. The van der Waals surface area contributed by atoms with Crippen LogP contribution in [0.2, 0.25) is 0 Å². The SMILES string of the molecule is CC(C)CC1(F)CCCC(CCC(C)C[C@]2(F)CCC[C@@H](C)C2)C1. The van der Waals surface area contributed by atoms with E-state index in [0.717, 1.165) is 57.8 Å². The third-order valence-electron chi connectivity index (χ3n) is 6.48. The van der Waals surface area contributed by atoms with Crippen molar-refractivity contribution >= 4 is 0 Å². The molecule has 2 fully saturated rings. The molecule has 2 heteroatoms. The summed E-state index contributed by atoms with van der Waals surface area (Å²) in [6.07, 6.45) is 11.1. The van der Waals surface area contributed by atoms with Crippen molar-refractivity contribution in [1.29, 1.82) is 0 Å². The summed E-state index contributed by atoms with van der Waals surface area (Å²) in [5.74, 6) is 1.93. The highest BCUT2D eigenvalue weighted by Gasteiger charge is 2.38. The predicted octanol–water partition coefficient (Wildman–Crippen LogP) is 7.66. The van der Waals surface area contributed by atoms with E-state index in [0.29, 0.717) is 30.1 Å². The van der Waals surface area contributed by atoms with E-state index in [4.69, 9.17) is 0 Å². The summed E-state index contributed by atoms with van der Waals surface area (Å²) >= 11 is 0. The summed E-state index contributed by atoms with van der Waals surface area (Å²) in [7, 11) is 0. The Morgan fingerprint density at radius 2 is 1.54 bits per heavy atom. The molecule has 0 aromatic heterocycles. The third-order valence-corrected chi connectivity index (χ3v) is 6.48. The van der Waals surface area contributed by atoms with Crippen molar-refractivity contribution < 1.29 is 8.78 Å². The Labute approximate surface area is 149 Å². The molecule has 0 bridgehead atoms. The largest absolute Gasteiger partial charge is 0.244 e. The Kier molecular flexibility index (Phi) is 7.14. The predicted molar refractivity (Wildman–Crippen MR) is 99.7 cm³/mol. The van der Waals surface area contributed by atoms with Gasteiger partial charge in [0.15, 0.2) is 0 Å². The van der Waals surface area contributed by atoms with Crippen LogP contribution >= 0.6 is 0 Å². The molecule has 0 spiro atoms. The quantitative estimate of drug-likeness (QED) is 0.445. The normalized spacial score (nSPS) is 39.1. The molecule has 0 amide bonds. The Morgan fingerprint density at radius 3 is 2.17 bits per heavy atom. The first-order valence-corrected chi connectivity index (χ1v) is 10.6. The third kappa shape index (κ3) is 6.30. The topological polar surface area (TPSA) is 0 Å². The summed E-state index contributed by atoms with van der Waals surface area (Å²) < 4.78 is 30.1. The number of hydrogen-bond donors (Lipinski definition) is 0. The van der Waals surface area contributed by atoms with Gasteiger partial charge in [0.05, 0.1) is 0 Å². The highest BCUT2D eigenvalue weighted by Crippen LogP contribution is 2.43. The summed E-state index contributed by atoms with van der Waals surface area (Å²) in [6, 6.07) is 0. The van der Waals surface area contributed by atoms with Crippen LogP contribution in [0.3, 0.4) is 0 Å². The summed E-state index contributed by atoms with van der Waals surface area (Å²) in [5.41, 5.74) is -1.86. The van der Waals surface area contributed by atoms with Gasteiger partial charge in [-0.1, -0.05) is 59.8 Å². The van der Waals surface area contributed by atoms with Gasteiger partial charge in [-0.15, -0.1) is 0 Å². The molecule has 0 aromatic rings. The Hall–Kier alpha value is -0.140. The second-order valence-electron chi connectivity index (χ2n) is 9.95. The molecular formula is C22H40F2. The Bertz CT molecular complexity index is 380. The van der Waals surface area contributed by atoms with Crippen LogP contribution in [0.4, 0.5) is 8.78 Å². The fraction of sp³-hybridized carbons (Fsp3) is 1.00. The summed E-state index contributed by atoms with van der Waals surface area (Å²) in [5, 5.41) is 0. The molecule has 0 nitrogen and oxygen atoms in total. The second kappa shape index (κ2) is 8.49. The van der Waals surface area contributed by atoms with Gasteiger partial charge in [0.1, 0.15) is 11.3 Å². The van der Waals surface area contributed by atoms with Gasteiger partial charge in [-0.2, -0.15) is 0 Å². The van der Waals surface area contributed by atoms with Gasteiger partial charge in [0.25, 0.3) is 0 Å². The Balaban J connectivity index is 1.76. The van der Waals surface area contributed by atoms with Crippen molar-refractivity contribution in [3.63, 3.8) is 0 Å². The van der Waals surface area contributed by atoms with E-state index < -0.39 is 11.3 Å². The molecular weight excluding hydrogens is 302 g/mol. The van der Waals surface area contributed by atoms with Crippen LogP contribution in [0.15, 0.2) is 0 Å². The zero-order valence-electron chi connectivity index (χ0n) is 16.6. The van der Waals surface area contributed by atoms with E-state index in [1.54, 1.807) is 0 Å². The molecule has 0 aliphatic heterocycles. The van der Waals surface area contributed by atoms with Gasteiger partial charge >= 0.3 is 0 Å². The zero-order chi connectivity index (χ0) is 17.8. The van der Waals surface area contributed by atoms with E-state index in [9.17, 15) is 0 Å². The maximum Gasteiger partial charge on any atom is 0.111 e. The lowest BCUT2D eigenvalue weighted by Gasteiger charge is -2.37. The minimum Gasteiger partial charge on any atom is -0.244 e. The van der Waals surface area contributed by atoms with Crippen LogP contribution in [0.1, 0.15) is 105 Å². The van der Waals surface area contributed by atoms with E-state index >= 15 is 8.78 Å². The highest BCUT2D eigenvalue weighted by molar-refractivity contribution is 4.89. The molecule has 2 aliphatic carbocycles. The molecule has 3 unspecified atom stereocenters. The van der Waals surface area contributed by atoms with Crippen molar-refractivity contribution in [2.45, 2.75) is 116 Å². The molecule has 2 saturated carbocycles. The van der Waals surface area contributed by atoms with Crippen LogP contribution in [0.25, 0.3) is 0 Å². The second-order valence-corrected chi connectivity index (χ2v) is 9.95. The number of halogens is 2. The first-order chi connectivity index (χ1) is 11.2. The van der Waals surface area contributed by atoms with E-state index in [1.807, 2.05) is 0 Å². The van der Waals surface area contributed by atoms with Crippen LogP contribution in [-0.2, 0) is 0 Å². The standard InChI is InChI=1S/C22H40F2/c1-17(2)13-21(23)12-6-8-20(16-21)10-9-19(4)15-22(24)11-5-7-18(3)14-22/h17-20H,5-16H2,1-4H3/t18-,19?,20?,21?,22+/m1/s1. The summed E-state index contributed by atoms with van der Waals surface area (Å²) in [4.78, 5) is 0. The molecule has 5 atom stereocenters. The van der Waals surface area contributed by atoms with Gasteiger partial charge in [-0.3, -0.25) is 0 Å². The first kappa shape index (κ1) is 20.2. The monoisotopic (exact) mass is 342 g/mol. The van der Waals surface area contributed by atoms with Crippen LogP contribution in [0, 0.1) is 23.7 Å². The van der Waals surface area contributed by atoms with E-state index in [2.05, 4.69) is 27.7 Å². The van der Waals surface area contributed by atoms with Crippen molar-refractivity contribution in [3.05, 3.63) is 0 Å². The summed E-state index contributed by atoms with van der Waals surface area (Å²) in [6.45, 7) is 8.65. The first-order valence-electron chi connectivity index (χ1n) is 10.6. The lowest BCUT2D eigenvalue weighted by atomic mass is 9.72. The lowest BCUT2D eigenvalue weighted by Crippen LogP contribution is -2.33. The molecule has 142 valence electrons. The maximum atomic E-state index is 15.0. The van der Waals surface area contributed by atoms with Gasteiger partial charge in [0.2, 0.25) is 0 Å². The van der Waals surface area contributed by atoms with Crippen molar-refractivity contribution in [2.24, 2.45) is 23.7 Å². The van der Waals surface area contributed by atoms with Crippen LogP contribution < -0.4 is 0 Å². The van der Waals surface area contributed by atoms with Crippen molar-refractivity contribution in [3.8, 4) is 0 Å². The average Bonchev–Trinajstić information content (AvgIpc) is 2.43. The number of alkyl halides is 2. The smallest absolute Gasteiger partial charge is 0.111 e. The van der Waals surface area contributed by atoms with E-state index in [-0.39, 0.29) is 0 Å². The van der Waals surface area contributed by atoms with Crippen LogP contribution in [-0.4, -0.2) is 11.3 Å². The van der Waals surface area contributed by atoms with Gasteiger partial charge in [-0.05, 0) is 68.6 Å². The zero-order valence-corrected chi connectivity index (χ0v) is 16.6. The molecule has 0 N–H and O–H groups in total. The fourth-order valence-corrected chi connectivity index (χ4v) is 5.62. The number of hydrogen-bond acceptors (Lipinski definition) is 0. The molecule has 24 heavy (non-hydrogen) atoms. The minimum absolute atomic E-state index is 0.432. The molecule has 0 aromatic carbocycles.